The van der Waals surface area contributed by atoms with Crippen LogP contribution in [0.5, 0.6) is 5.75 Å². The predicted molar refractivity (Wildman–Crippen MR) is 121 cm³/mol. The topological polar surface area (TPSA) is 88.1 Å². The number of nitrogens with two attached hydrogens (primary N) is 1. The number of para-hydroxylation sites is 1. The normalized spacial score (nSPS) is 12.6. The molecule has 192 valence electrons. The molecule has 0 radical (unpaired) electrons. The summed E-state index contributed by atoms with van der Waals surface area (Å²) in [7, 11) is -2.44. The predicted octanol–water partition coefficient (Wildman–Crippen LogP) is 5.54. The highest BCUT2D eigenvalue weighted by Gasteiger charge is 2.38. The monoisotopic (exact) mass is 541 g/mol. The lowest BCUT2D eigenvalue weighted by molar-refractivity contribution is -0.112. The molecule has 35 heavy (non-hydrogen) atoms. The molecule has 0 fully saturated rings. The van der Waals surface area contributed by atoms with Crippen LogP contribution < -0.4 is 10.5 Å². The Balaban J connectivity index is 1.69. The Kier molecular flexibility index (Phi) is 9.05. The van der Waals surface area contributed by atoms with Crippen LogP contribution in [0.25, 0.3) is 11.2 Å². The van der Waals surface area contributed by atoms with Gasteiger partial charge in [0, 0.05) is 6.54 Å². The van der Waals surface area contributed by atoms with Gasteiger partial charge in [0.15, 0.2) is 5.65 Å². The zero-order chi connectivity index (χ0) is 25.6. The van der Waals surface area contributed by atoms with Crippen molar-refractivity contribution in [2.45, 2.75) is 35.7 Å². The van der Waals surface area contributed by atoms with E-state index in [4.69, 9.17) is 15.2 Å². The van der Waals surface area contributed by atoms with Crippen molar-refractivity contribution < 1.29 is 35.8 Å². The molecular formula is C20H22F6N5O2PS. The van der Waals surface area contributed by atoms with E-state index < -0.39 is 38.9 Å². The first-order chi connectivity index (χ1) is 16.4. The van der Waals surface area contributed by atoms with Crippen LogP contribution in [0, 0.1) is 0 Å². The number of hydrogen-bond donors (Lipinski definition) is 1. The lowest BCUT2D eigenvalue weighted by atomic mass is 10.3. The second-order valence-corrected chi connectivity index (χ2v) is 10.5. The molecule has 0 saturated heterocycles. The maximum Gasteiger partial charge on any atom is 0.392 e. The van der Waals surface area contributed by atoms with E-state index in [-0.39, 0.29) is 19.1 Å². The molecule has 0 atom stereocenters. The van der Waals surface area contributed by atoms with Gasteiger partial charge < -0.3 is 19.8 Å². The molecular weight excluding hydrogens is 519 g/mol. The van der Waals surface area contributed by atoms with Crippen molar-refractivity contribution in [2.24, 2.45) is 0 Å². The number of imidazole rings is 1. The third-order valence-corrected chi connectivity index (χ3v) is 7.56. The van der Waals surface area contributed by atoms with Crippen LogP contribution >= 0.6 is 19.7 Å². The van der Waals surface area contributed by atoms with Gasteiger partial charge in [0.2, 0.25) is 5.95 Å². The van der Waals surface area contributed by atoms with Gasteiger partial charge in [-0.1, -0.05) is 31.8 Å². The van der Waals surface area contributed by atoms with E-state index in [0.717, 1.165) is 4.90 Å². The maximum atomic E-state index is 12.6. The molecule has 0 aliphatic rings. The van der Waals surface area contributed by atoms with Crippen LogP contribution in [0.2, 0.25) is 0 Å². The molecule has 0 aliphatic carbocycles. The van der Waals surface area contributed by atoms with E-state index in [0.29, 0.717) is 28.5 Å². The number of anilines is 1. The number of benzene rings is 1. The van der Waals surface area contributed by atoms with Crippen molar-refractivity contribution in [3.63, 3.8) is 0 Å². The standard InChI is InChI=1S/C20H22F6N5O2PS/c1-2-33-13-5-3-4-6-14(13)35-17-15-16(29-18(27)30-17)31(11-28-15)7-8-32-12-34(9-19(21,22)23)10-20(24,25)26/h3-6,11H,2,7-10,12H2,1H3,(H2,27,29,30). The summed E-state index contributed by atoms with van der Waals surface area (Å²) in [5, 5.41) is 0.471. The van der Waals surface area contributed by atoms with E-state index in [9.17, 15) is 26.3 Å². The van der Waals surface area contributed by atoms with Gasteiger partial charge in [-0.3, -0.25) is 0 Å². The number of halogens is 6. The molecule has 2 N–H and O–H groups in total. The molecule has 2 aromatic heterocycles. The zero-order valence-electron chi connectivity index (χ0n) is 18.4. The molecule has 7 nitrogen and oxygen atoms in total. The van der Waals surface area contributed by atoms with Crippen molar-refractivity contribution in [1.82, 2.24) is 19.5 Å². The first-order valence-electron chi connectivity index (χ1n) is 10.3. The molecule has 3 aromatic rings. The molecule has 15 heteroatoms. The first kappa shape index (κ1) is 27.3. The smallest absolute Gasteiger partial charge is 0.392 e. The van der Waals surface area contributed by atoms with E-state index >= 15 is 0 Å². The number of aromatic nitrogens is 4. The Morgan fingerprint density at radius 1 is 1.06 bits per heavy atom. The lowest BCUT2D eigenvalue weighted by Gasteiger charge is -2.20. The summed E-state index contributed by atoms with van der Waals surface area (Å²) in [5.74, 6) is 0.641. The highest BCUT2D eigenvalue weighted by Crippen LogP contribution is 2.45. The van der Waals surface area contributed by atoms with E-state index in [1.807, 2.05) is 31.2 Å². The van der Waals surface area contributed by atoms with Crippen molar-refractivity contribution >= 4 is 36.8 Å². The molecule has 0 spiro atoms. The quantitative estimate of drug-likeness (QED) is 0.148. The third kappa shape index (κ3) is 8.39. The molecule has 0 unspecified atom stereocenters. The summed E-state index contributed by atoms with van der Waals surface area (Å²) in [5.41, 5.74) is 6.67. The van der Waals surface area contributed by atoms with Gasteiger partial charge in [-0.2, -0.15) is 31.3 Å². The number of fused-ring (bicyclic) bond motifs is 1. The molecule has 1 aromatic carbocycles. The largest absolute Gasteiger partial charge is 0.493 e. The van der Waals surface area contributed by atoms with E-state index in [1.165, 1.54) is 18.1 Å². The SMILES string of the molecule is CCOc1ccccc1Sc1nc(N)nc2c1ncn2CCOCP(CC(F)(F)F)CC(F)(F)F. The summed E-state index contributed by atoms with van der Waals surface area (Å²) in [6.45, 7) is 2.32. The number of rotatable bonds is 11. The molecule has 0 saturated carbocycles. The van der Waals surface area contributed by atoms with Crippen molar-refractivity contribution in [2.75, 3.05) is 37.6 Å². The van der Waals surface area contributed by atoms with Gasteiger partial charge in [-0.25, -0.2) is 9.97 Å². The molecule has 0 aliphatic heterocycles. The Bertz CT molecular complexity index is 1110. The van der Waals surface area contributed by atoms with Gasteiger partial charge in [0.1, 0.15) is 16.3 Å². The number of nitrogen functional groups attached to an aromatic ring is 1. The van der Waals surface area contributed by atoms with Crippen molar-refractivity contribution in [3.05, 3.63) is 30.6 Å². The van der Waals surface area contributed by atoms with E-state index in [1.54, 1.807) is 4.57 Å². The second kappa shape index (κ2) is 11.6. The fraction of sp³-hybridized carbons (Fsp3) is 0.450. The highest BCUT2D eigenvalue weighted by atomic mass is 32.2. The van der Waals surface area contributed by atoms with Crippen LogP contribution in [0.3, 0.4) is 0 Å². The first-order valence-corrected chi connectivity index (χ1v) is 13.0. The maximum absolute atomic E-state index is 12.6. The molecule has 2 heterocycles. The fourth-order valence-electron chi connectivity index (χ4n) is 3.09. The summed E-state index contributed by atoms with van der Waals surface area (Å²) in [6.07, 6.45) is -11.6. The summed E-state index contributed by atoms with van der Waals surface area (Å²) in [6, 6.07) is 7.35. The average Bonchev–Trinajstić information content (AvgIpc) is 3.13. The van der Waals surface area contributed by atoms with Gasteiger partial charge >= 0.3 is 12.4 Å². The van der Waals surface area contributed by atoms with Crippen LogP contribution in [0.1, 0.15) is 6.92 Å². The Labute approximate surface area is 202 Å². The van der Waals surface area contributed by atoms with Gasteiger partial charge in [-0.15, -0.1) is 0 Å². The number of ether oxygens (including phenoxy) is 2. The average molecular weight is 541 g/mol. The minimum Gasteiger partial charge on any atom is -0.493 e. The fourth-order valence-corrected chi connectivity index (χ4v) is 5.75. The van der Waals surface area contributed by atoms with Crippen LogP contribution in [-0.2, 0) is 11.3 Å². The van der Waals surface area contributed by atoms with Crippen LogP contribution in [0.4, 0.5) is 32.3 Å². The zero-order valence-corrected chi connectivity index (χ0v) is 20.1. The Morgan fingerprint density at radius 3 is 2.40 bits per heavy atom. The van der Waals surface area contributed by atoms with Crippen LogP contribution in [-0.4, -0.2) is 63.8 Å². The number of hydrogen-bond acceptors (Lipinski definition) is 7. The second-order valence-electron chi connectivity index (χ2n) is 7.23. The minimum atomic E-state index is -4.69. The van der Waals surface area contributed by atoms with Crippen LogP contribution in [0.15, 0.2) is 40.5 Å². The molecule has 3 rings (SSSR count). The lowest BCUT2D eigenvalue weighted by Crippen LogP contribution is -2.22. The number of nitrogens with zero attached hydrogens (tertiary/aromatic N) is 4. The van der Waals surface area contributed by atoms with Gasteiger partial charge in [-0.05, 0) is 19.1 Å². The summed E-state index contributed by atoms with van der Waals surface area (Å²) < 4.78 is 88.2. The van der Waals surface area contributed by atoms with Gasteiger partial charge in [0.25, 0.3) is 0 Å². The van der Waals surface area contributed by atoms with Crippen molar-refractivity contribution in [3.8, 4) is 5.75 Å². The molecule has 0 bridgehead atoms. The highest BCUT2D eigenvalue weighted by molar-refractivity contribution is 7.99. The van der Waals surface area contributed by atoms with E-state index in [2.05, 4.69) is 15.0 Å². The summed E-state index contributed by atoms with van der Waals surface area (Å²) in [4.78, 5) is 13.5. The summed E-state index contributed by atoms with van der Waals surface area (Å²) >= 11 is 1.28. The number of alkyl halides is 6. The van der Waals surface area contributed by atoms with Crippen molar-refractivity contribution in [1.29, 1.82) is 0 Å². The minimum absolute atomic E-state index is 0.0181. The van der Waals surface area contributed by atoms with Gasteiger partial charge in [0.05, 0.1) is 43.1 Å². The Morgan fingerprint density at radius 2 is 1.74 bits per heavy atom. The molecule has 0 amide bonds. The Hall–Kier alpha value is -2.31. The third-order valence-electron chi connectivity index (χ3n) is 4.36.